The number of anilines is 1. The summed E-state index contributed by atoms with van der Waals surface area (Å²) in [7, 11) is 1.35. The molecule has 0 fully saturated rings. The average Bonchev–Trinajstić information content (AvgIpc) is 2.78. The summed E-state index contributed by atoms with van der Waals surface area (Å²) >= 11 is 0. The molecule has 0 spiro atoms. The predicted octanol–water partition coefficient (Wildman–Crippen LogP) is 5.35. The van der Waals surface area contributed by atoms with Crippen LogP contribution in [0.3, 0.4) is 0 Å². The van der Waals surface area contributed by atoms with Crippen molar-refractivity contribution < 1.29 is 19.0 Å². The molecule has 1 aliphatic heterocycles. The highest BCUT2D eigenvalue weighted by Crippen LogP contribution is 2.45. The van der Waals surface area contributed by atoms with Gasteiger partial charge in [0.15, 0.2) is 0 Å². The van der Waals surface area contributed by atoms with Crippen LogP contribution in [0.15, 0.2) is 66.7 Å². The number of esters is 1. The van der Waals surface area contributed by atoms with Crippen molar-refractivity contribution in [2.24, 2.45) is 0 Å². The van der Waals surface area contributed by atoms with E-state index in [2.05, 4.69) is 16.6 Å². The molecule has 0 aromatic heterocycles. The number of hydrogen-bond acceptors (Lipinski definition) is 4. The van der Waals surface area contributed by atoms with Crippen LogP contribution in [-0.4, -0.2) is 24.7 Å². The van der Waals surface area contributed by atoms with Crippen molar-refractivity contribution in [3.63, 3.8) is 0 Å². The van der Waals surface area contributed by atoms with E-state index in [1.807, 2.05) is 49.4 Å². The number of aryl methyl sites for hydroxylation is 1. The number of ether oxygens (including phenoxy) is 1. The largest absolute Gasteiger partial charge is 0.508 e. The Morgan fingerprint density at radius 3 is 2.56 bits per heavy atom. The number of phenols is 1. The molecular formula is C27H26FNO3. The first kappa shape index (κ1) is 21.6. The zero-order valence-electron chi connectivity index (χ0n) is 18.4. The van der Waals surface area contributed by atoms with Gasteiger partial charge in [-0.3, -0.25) is 0 Å². The lowest BCUT2D eigenvalue weighted by Crippen LogP contribution is -2.50. The fourth-order valence-electron chi connectivity index (χ4n) is 4.61. The smallest absolute Gasteiger partial charge is 0.330 e. The highest BCUT2D eigenvalue weighted by molar-refractivity contribution is 5.86. The van der Waals surface area contributed by atoms with Gasteiger partial charge in [0.2, 0.25) is 0 Å². The minimum Gasteiger partial charge on any atom is -0.508 e. The number of carbonyl (C=O) groups is 1. The van der Waals surface area contributed by atoms with Gasteiger partial charge in [-0.05, 0) is 84.5 Å². The van der Waals surface area contributed by atoms with Crippen molar-refractivity contribution in [1.82, 2.24) is 0 Å². The lowest BCUT2D eigenvalue weighted by atomic mass is 9.76. The standard InChI is InChI=1S/C27H26FNO3/c1-18-16-22(28)9-12-25(18)29-15-14-20-17-23(30)10-11-24(20)27(29,2)21-7-4-19(5-8-21)6-13-26(31)32-3/h4-13,16-17,30H,14-15H2,1-3H3/b13-6+. The molecule has 1 N–H and O–H groups in total. The number of halogens is 1. The van der Waals surface area contributed by atoms with Gasteiger partial charge < -0.3 is 14.7 Å². The maximum absolute atomic E-state index is 13.8. The van der Waals surface area contributed by atoms with E-state index >= 15 is 0 Å². The molecular weight excluding hydrogens is 405 g/mol. The molecule has 0 radical (unpaired) electrons. The number of nitrogens with zero attached hydrogens (tertiary/aromatic N) is 1. The molecule has 5 heteroatoms. The molecule has 1 unspecified atom stereocenters. The van der Waals surface area contributed by atoms with E-state index < -0.39 is 11.5 Å². The van der Waals surface area contributed by atoms with Crippen molar-refractivity contribution in [3.8, 4) is 5.75 Å². The minimum absolute atomic E-state index is 0.251. The van der Waals surface area contributed by atoms with E-state index in [1.54, 1.807) is 18.2 Å². The number of benzene rings is 3. The second kappa shape index (κ2) is 8.50. The third-order valence-electron chi connectivity index (χ3n) is 6.29. The first-order valence-electron chi connectivity index (χ1n) is 10.6. The maximum Gasteiger partial charge on any atom is 0.330 e. The Kier molecular flexibility index (Phi) is 5.74. The fourth-order valence-corrected chi connectivity index (χ4v) is 4.61. The van der Waals surface area contributed by atoms with Gasteiger partial charge in [-0.1, -0.05) is 30.3 Å². The molecule has 4 rings (SSSR count). The molecule has 1 heterocycles. The Morgan fingerprint density at radius 2 is 1.88 bits per heavy atom. The molecule has 1 atom stereocenters. The van der Waals surface area contributed by atoms with E-state index in [4.69, 9.17) is 0 Å². The SMILES string of the molecule is COC(=O)/C=C/c1ccc(C2(C)c3ccc(O)cc3CCN2c2ccc(F)cc2C)cc1. The number of rotatable bonds is 4. The summed E-state index contributed by atoms with van der Waals surface area (Å²) in [5.41, 5.74) is 5.45. The summed E-state index contributed by atoms with van der Waals surface area (Å²) in [4.78, 5) is 13.7. The molecule has 3 aromatic carbocycles. The van der Waals surface area contributed by atoms with Crippen LogP contribution in [0.2, 0.25) is 0 Å². The zero-order valence-corrected chi connectivity index (χ0v) is 18.4. The Morgan fingerprint density at radius 1 is 1.12 bits per heavy atom. The van der Waals surface area contributed by atoms with Gasteiger partial charge in [-0.2, -0.15) is 0 Å². The molecule has 3 aromatic rings. The lowest BCUT2D eigenvalue weighted by Gasteiger charge is -2.48. The van der Waals surface area contributed by atoms with Gasteiger partial charge in [-0.15, -0.1) is 0 Å². The lowest BCUT2D eigenvalue weighted by molar-refractivity contribution is -0.134. The van der Waals surface area contributed by atoms with Crippen LogP contribution in [-0.2, 0) is 21.5 Å². The van der Waals surface area contributed by atoms with Crippen LogP contribution in [0.5, 0.6) is 5.75 Å². The summed E-state index contributed by atoms with van der Waals surface area (Å²) < 4.78 is 18.5. The Bertz CT molecular complexity index is 1190. The van der Waals surface area contributed by atoms with E-state index in [1.165, 1.54) is 19.3 Å². The summed E-state index contributed by atoms with van der Waals surface area (Å²) in [6.45, 7) is 4.80. The highest BCUT2D eigenvalue weighted by atomic mass is 19.1. The summed E-state index contributed by atoms with van der Waals surface area (Å²) in [6, 6.07) is 18.4. The van der Waals surface area contributed by atoms with Crippen molar-refractivity contribution in [2.45, 2.75) is 25.8 Å². The Labute approximate surface area is 187 Å². The summed E-state index contributed by atoms with van der Waals surface area (Å²) in [5.74, 6) is -0.405. The molecule has 164 valence electrons. The van der Waals surface area contributed by atoms with E-state index in [-0.39, 0.29) is 11.6 Å². The van der Waals surface area contributed by atoms with Gasteiger partial charge in [-0.25, -0.2) is 9.18 Å². The number of aromatic hydroxyl groups is 1. The van der Waals surface area contributed by atoms with Crippen LogP contribution in [0.4, 0.5) is 10.1 Å². The Hall–Kier alpha value is -3.60. The van der Waals surface area contributed by atoms with Crippen molar-refractivity contribution in [2.75, 3.05) is 18.6 Å². The summed E-state index contributed by atoms with van der Waals surface area (Å²) in [5, 5.41) is 10.0. The molecule has 0 amide bonds. The Balaban J connectivity index is 1.83. The topological polar surface area (TPSA) is 49.8 Å². The third kappa shape index (κ3) is 3.86. The van der Waals surface area contributed by atoms with Gasteiger partial charge in [0.05, 0.1) is 12.6 Å². The molecule has 0 aliphatic carbocycles. The molecule has 4 nitrogen and oxygen atoms in total. The number of hydrogen-bond donors (Lipinski definition) is 1. The van der Waals surface area contributed by atoms with E-state index in [0.29, 0.717) is 0 Å². The number of methoxy groups -OCH3 is 1. The second-order valence-electron chi connectivity index (χ2n) is 8.22. The minimum atomic E-state index is -0.533. The fraction of sp³-hybridized carbons (Fsp3) is 0.222. The highest BCUT2D eigenvalue weighted by Gasteiger charge is 2.41. The van der Waals surface area contributed by atoms with Gasteiger partial charge in [0.1, 0.15) is 11.6 Å². The first-order chi connectivity index (χ1) is 15.3. The van der Waals surface area contributed by atoms with E-state index in [9.17, 15) is 14.3 Å². The molecule has 32 heavy (non-hydrogen) atoms. The monoisotopic (exact) mass is 431 g/mol. The van der Waals surface area contributed by atoms with Gasteiger partial charge in [0.25, 0.3) is 0 Å². The summed E-state index contributed by atoms with van der Waals surface area (Å²) in [6.07, 6.45) is 3.88. The van der Waals surface area contributed by atoms with Crippen molar-refractivity contribution in [1.29, 1.82) is 0 Å². The van der Waals surface area contributed by atoms with E-state index in [0.717, 1.165) is 46.5 Å². The second-order valence-corrected chi connectivity index (χ2v) is 8.22. The van der Waals surface area contributed by atoms with Crippen LogP contribution >= 0.6 is 0 Å². The molecule has 0 bridgehead atoms. The maximum atomic E-state index is 13.8. The first-order valence-corrected chi connectivity index (χ1v) is 10.6. The third-order valence-corrected chi connectivity index (χ3v) is 6.29. The zero-order chi connectivity index (χ0) is 22.9. The van der Waals surface area contributed by atoms with Crippen LogP contribution in [0.1, 0.15) is 34.7 Å². The number of fused-ring (bicyclic) bond motifs is 1. The average molecular weight is 432 g/mol. The van der Waals surface area contributed by atoms with Gasteiger partial charge in [0, 0.05) is 18.3 Å². The quantitative estimate of drug-likeness (QED) is 0.447. The van der Waals surface area contributed by atoms with Crippen molar-refractivity contribution >= 4 is 17.7 Å². The predicted molar refractivity (Wildman–Crippen MR) is 124 cm³/mol. The van der Waals surface area contributed by atoms with Crippen LogP contribution in [0, 0.1) is 12.7 Å². The van der Waals surface area contributed by atoms with Crippen LogP contribution in [0.25, 0.3) is 6.08 Å². The molecule has 0 saturated heterocycles. The molecule has 1 aliphatic rings. The van der Waals surface area contributed by atoms with Crippen LogP contribution < -0.4 is 4.90 Å². The van der Waals surface area contributed by atoms with Crippen molar-refractivity contribution in [3.05, 3.63) is 100 Å². The number of phenolic OH excluding ortho intramolecular Hbond substituents is 1. The normalized spacial score (nSPS) is 17.9. The van der Waals surface area contributed by atoms with Gasteiger partial charge >= 0.3 is 5.97 Å². The number of carbonyl (C=O) groups excluding carboxylic acids is 1. The molecule has 0 saturated carbocycles.